The molecule has 8 nitrogen and oxygen atoms in total. The van der Waals surface area contributed by atoms with Crippen LogP contribution in [0.2, 0.25) is 0 Å². The molecular formula is C23H29N5O3. The highest BCUT2D eigenvalue weighted by molar-refractivity contribution is 6.05. The number of methoxy groups -OCH3 is 1. The van der Waals surface area contributed by atoms with E-state index in [-0.39, 0.29) is 11.9 Å². The van der Waals surface area contributed by atoms with Gasteiger partial charge < -0.3 is 24.7 Å². The van der Waals surface area contributed by atoms with E-state index in [2.05, 4.69) is 15.3 Å². The number of H-pyrrole nitrogens is 1. The molecule has 4 rings (SSSR count). The number of nitrogens with zero attached hydrogens (tertiary/aromatic N) is 2. The number of aryl methyl sites for hydroxylation is 1. The highest BCUT2D eigenvalue weighted by Crippen LogP contribution is 2.38. The minimum Gasteiger partial charge on any atom is -0.477 e. The van der Waals surface area contributed by atoms with Crippen molar-refractivity contribution in [1.82, 2.24) is 9.88 Å². The van der Waals surface area contributed by atoms with E-state index in [1.54, 1.807) is 13.3 Å². The van der Waals surface area contributed by atoms with E-state index >= 15 is 0 Å². The molecule has 2 aliphatic heterocycles. The van der Waals surface area contributed by atoms with Gasteiger partial charge in [-0.3, -0.25) is 5.41 Å². The number of amides is 2. The number of carbonyl (C=O) groups is 1. The van der Waals surface area contributed by atoms with E-state index in [0.29, 0.717) is 42.4 Å². The molecular weight excluding hydrogens is 394 g/mol. The fourth-order valence-corrected chi connectivity index (χ4v) is 4.27. The number of urea groups is 1. The van der Waals surface area contributed by atoms with Crippen LogP contribution < -0.4 is 10.1 Å². The van der Waals surface area contributed by atoms with Crippen molar-refractivity contribution in [2.24, 2.45) is 4.99 Å². The van der Waals surface area contributed by atoms with Crippen LogP contribution in [0.3, 0.4) is 0 Å². The van der Waals surface area contributed by atoms with Gasteiger partial charge in [0, 0.05) is 36.5 Å². The number of fused-ring (bicyclic) bond motifs is 2. The molecule has 2 aliphatic rings. The topological polar surface area (TPSA) is 103 Å². The predicted molar refractivity (Wildman–Crippen MR) is 121 cm³/mol. The molecule has 2 atom stereocenters. The van der Waals surface area contributed by atoms with Gasteiger partial charge in [0.05, 0.1) is 18.5 Å². The zero-order chi connectivity index (χ0) is 21.8. The van der Waals surface area contributed by atoms with Crippen LogP contribution >= 0.6 is 0 Å². The fraction of sp³-hybridized carbons (Fsp3) is 0.435. The average molecular weight is 424 g/mol. The molecule has 0 aliphatic carbocycles. The van der Waals surface area contributed by atoms with Gasteiger partial charge in [-0.2, -0.15) is 0 Å². The highest BCUT2D eigenvalue weighted by atomic mass is 16.5. The second-order valence-electron chi connectivity index (χ2n) is 8.07. The number of anilines is 1. The summed E-state index contributed by atoms with van der Waals surface area (Å²) in [5.74, 6) is 0.757. The number of piperidine rings is 1. The number of nitrogens with one attached hydrogen (secondary N) is 3. The molecule has 2 amide bonds. The minimum atomic E-state index is -0.0434. The minimum absolute atomic E-state index is 0.0434. The SMILES string of the molecule is COCCOc1ccc(C=NC(=N)c2cc(NC(=O)N3C4CCCC3C4)ccc2C)[nH]1. The maximum Gasteiger partial charge on any atom is 0.322 e. The molecule has 2 bridgehead atoms. The Morgan fingerprint density at radius 1 is 1.29 bits per heavy atom. The molecule has 31 heavy (non-hydrogen) atoms. The standard InChI is InChI=1S/C23H29N5O3/c1-15-6-7-16(27-23(29)28-18-4-3-5-19(28)13-18)12-20(15)22(24)25-14-17-8-9-21(26-17)31-11-10-30-2/h6-9,12,14,18-19,24,26H,3-5,10-11,13H2,1-2H3,(H,27,29). The van der Waals surface area contributed by atoms with E-state index in [9.17, 15) is 4.79 Å². The number of hydrogen-bond donors (Lipinski definition) is 3. The van der Waals surface area contributed by atoms with Crippen molar-refractivity contribution in [3.8, 4) is 5.88 Å². The average Bonchev–Trinajstić information content (AvgIpc) is 3.21. The number of aliphatic imine (C=N–C) groups is 1. The van der Waals surface area contributed by atoms with Gasteiger partial charge in [0.1, 0.15) is 6.61 Å². The molecule has 0 spiro atoms. The first-order chi connectivity index (χ1) is 15.0. The van der Waals surface area contributed by atoms with Crippen LogP contribution in [0.5, 0.6) is 5.88 Å². The molecule has 1 aromatic heterocycles. The lowest BCUT2D eigenvalue weighted by atomic mass is 9.80. The summed E-state index contributed by atoms with van der Waals surface area (Å²) in [4.78, 5) is 22.0. The quantitative estimate of drug-likeness (QED) is 0.357. The second kappa shape index (κ2) is 9.34. The first kappa shape index (κ1) is 21.1. The number of rotatable bonds is 7. The summed E-state index contributed by atoms with van der Waals surface area (Å²) in [7, 11) is 1.63. The highest BCUT2D eigenvalue weighted by Gasteiger charge is 2.44. The van der Waals surface area contributed by atoms with Crippen molar-refractivity contribution in [2.45, 2.75) is 44.7 Å². The molecule has 8 heteroatoms. The van der Waals surface area contributed by atoms with Gasteiger partial charge in [0.15, 0.2) is 11.7 Å². The van der Waals surface area contributed by atoms with E-state index in [4.69, 9.17) is 14.9 Å². The Balaban J connectivity index is 1.39. The molecule has 0 saturated carbocycles. The van der Waals surface area contributed by atoms with Gasteiger partial charge in [-0.15, -0.1) is 0 Å². The molecule has 2 saturated heterocycles. The summed E-state index contributed by atoms with van der Waals surface area (Å²) in [6, 6.07) is 9.97. The van der Waals surface area contributed by atoms with Crippen molar-refractivity contribution in [1.29, 1.82) is 5.41 Å². The van der Waals surface area contributed by atoms with Crippen LogP contribution in [-0.2, 0) is 4.74 Å². The smallest absolute Gasteiger partial charge is 0.322 e. The Labute approximate surface area is 182 Å². The van der Waals surface area contributed by atoms with Crippen molar-refractivity contribution >= 4 is 23.8 Å². The Hall–Kier alpha value is -3.13. The predicted octanol–water partition coefficient (Wildman–Crippen LogP) is 3.95. The van der Waals surface area contributed by atoms with Crippen LogP contribution in [0, 0.1) is 12.3 Å². The maximum absolute atomic E-state index is 12.7. The molecule has 3 heterocycles. The van der Waals surface area contributed by atoms with Gasteiger partial charge in [0.2, 0.25) is 0 Å². The molecule has 3 N–H and O–H groups in total. The Morgan fingerprint density at radius 3 is 2.84 bits per heavy atom. The number of carbonyl (C=O) groups excluding carboxylic acids is 1. The van der Waals surface area contributed by atoms with E-state index in [1.165, 1.54) is 6.42 Å². The van der Waals surface area contributed by atoms with Crippen LogP contribution in [0.15, 0.2) is 35.3 Å². The van der Waals surface area contributed by atoms with E-state index < -0.39 is 0 Å². The molecule has 2 aromatic rings. The van der Waals surface area contributed by atoms with Crippen molar-refractivity contribution in [3.05, 3.63) is 47.2 Å². The summed E-state index contributed by atoms with van der Waals surface area (Å²) < 4.78 is 10.5. The molecule has 2 unspecified atom stereocenters. The number of aromatic nitrogens is 1. The fourth-order valence-electron chi connectivity index (χ4n) is 4.27. The monoisotopic (exact) mass is 423 g/mol. The lowest BCUT2D eigenvalue weighted by molar-refractivity contribution is 0.0173. The van der Waals surface area contributed by atoms with Gasteiger partial charge in [-0.1, -0.05) is 6.07 Å². The third-order valence-corrected chi connectivity index (χ3v) is 5.94. The van der Waals surface area contributed by atoms with Gasteiger partial charge >= 0.3 is 6.03 Å². The Morgan fingerprint density at radius 2 is 2.10 bits per heavy atom. The van der Waals surface area contributed by atoms with Crippen LogP contribution in [0.4, 0.5) is 10.5 Å². The number of amidine groups is 1. The van der Waals surface area contributed by atoms with Gasteiger partial charge in [-0.25, -0.2) is 9.79 Å². The van der Waals surface area contributed by atoms with Crippen LogP contribution in [0.25, 0.3) is 0 Å². The number of aromatic amines is 1. The first-order valence-corrected chi connectivity index (χ1v) is 10.7. The molecule has 0 radical (unpaired) electrons. The van der Waals surface area contributed by atoms with Crippen molar-refractivity contribution in [3.63, 3.8) is 0 Å². The summed E-state index contributed by atoms with van der Waals surface area (Å²) in [6.07, 6.45) is 6.13. The molecule has 164 valence electrons. The third kappa shape index (κ3) is 4.80. The van der Waals surface area contributed by atoms with Crippen molar-refractivity contribution < 1.29 is 14.3 Å². The largest absolute Gasteiger partial charge is 0.477 e. The van der Waals surface area contributed by atoms with Crippen molar-refractivity contribution in [2.75, 3.05) is 25.6 Å². The lowest BCUT2D eigenvalue weighted by Gasteiger charge is -2.52. The van der Waals surface area contributed by atoms with Crippen LogP contribution in [-0.4, -0.2) is 60.4 Å². The summed E-state index contributed by atoms with van der Waals surface area (Å²) in [5.41, 5.74) is 3.03. The normalized spacial score (nSPS) is 19.9. The zero-order valence-electron chi connectivity index (χ0n) is 18.0. The molecule has 2 fully saturated rings. The number of ether oxygens (including phenoxy) is 2. The lowest BCUT2D eigenvalue weighted by Crippen LogP contribution is -2.62. The van der Waals surface area contributed by atoms with Crippen LogP contribution in [0.1, 0.15) is 42.5 Å². The zero-order valence-corrected chi connectivity index (χ0v) is 18.0. The Kier molecular flexibility index (Phi) is 6.36. The first-order valence-electron chi connectivity index (χ1n) is 10.7. The summed E-state index contributed by atoms with van der Waals surface area (Å²) in [5, 5.41) is 11.4. The maximum atomic E-state index is 12.7. The summed E-state index contributed by atoms with van der Waals surface area (Å²) in [6.45, 7) is 2.90. The summed E-state index contributed by atoms with van der Waals surface area (Å²) >= 11 is 0. The number of hydrogen-bond acceptors (Lipinski definition) is 4. The molecule has 1 aromatic carbocycles. The Bertz CT molecular complexity index is 969. The van der Waals surface area contributed by atoms with E-state index in [1.807, 2.05) is 42.2 Å². The van der Waals surface area contributed by atoms with Gasteiger partial charge in [-0.05, 0) is 56.4 Å². The van der Waals surface area contributed by atoms with Gasteiger partial charge in [0.25, 0.3) is 0 Å². The van der Waals surface area contributed by atoms with E-state index in [0.717, 1.165) is 30.5 Å². The third-order valence-electron chi connectivity index (χ3n) is 5.94. The second-order valence-corrected chi connectivity index (χ2v) is 8.07. The number of benzene rings is 1.